The molecule has 1 amide bonds. The Bertz CT molecular complexity index is 897. The minimum Gasteiger partial charge on any atom is -0.350 e. The Morgan fingerprint density at radius 1 is 1.19 bits per heavy atom. The van der Waals surface area contributed by atoms with Crippen molar-refractivity contribution in [2.24, 2.45) is 0 Å². The van der Waals surface area contributed by atoms with Crippen LogP contribution in [0.1, 0.15) is 30.8 Å². The van der Waals surface area contributed by atoms with Gasteiger partial charge < -0.3 is 9.84 Å². The zero-order valence-corrected chi connectivity index (χ0v) is 15.6. The normalized spacial score (nSPS) is 12.0. The maximum Gasteiger partial charge on any atom is 0.227 e. The predicted octanol–water partition coefficient (Wildman–Crippen LogP) is 4.85. The standard InChI is InChI=1S/C19H17Cl2N3O2/c1-12(15-8-7-14(20)11-16(15)21)22-17(25)9-10-18-23-19(24-26-18)13-5-3-2-4-6-13/h2-8,11-12H,9-10H2,1H3,(H,22,25)/t12-/m0/s1. The molecule has 1 aromatic heterocycles. The summed E-state index contributed by atoms with van der Waals surface area (Å²) < 4.78 is 5.21. The van der Waals surface area contributed by atoms with Crippen molar-refractivity contribution in [3.63, 3.8) is 0 Å². The van der Waals surface area contributed by atoms with E-state index in [9.17, 15) is 4.79 Å². The predicted molar refractivity (Wildman–Crippen MR) is 101 cm³/mol. The summed E-state index contributed by atoms with van der Waals surface area (Å²) in [5.74, 6) is 0.821. The Morgan fingerprint density at radius 2 is 1.96 bits per heavy atom. The lowest BCUT2D eigenvalue weighted by atomic mass is 10.1. The Labute approximate surface area is 161 Å². The number of nitrogens with one attached hydrogen (secondary N) is 1. The van der Waals surface area contributed by atoms with Gasteiger partial charge in [0.15, 0.2) is 0 Å². The summed E-state index contributed by atoms with van der Waals surface area (Å²) in [5, 5.41) is 7.93. The fraction of sp³-hybridized carbons (Fsp3) is 0.211. The summed E-state index contributed by atoms with van der Waals surface area (Å²) in [5.41, 5.74) is 1.69. The van der Waals surface area contributed by atoms with Gasteiger partial charge in [-0.1, -0.05) is 64.8 Å². The van der Waals surface area contributed by atoms with Crippen LogP contribution in [-0.2, 0) is 11.2 Å². The zero-order valence-electron chi connectivity index (χ0n) is 14.1. The minimum absolute atomic E-state index is 0.122. The molecular formula is C19H17Cl2N3O2. The van der Waals surface area contributed by atoms with E-state index in [0.29, 0.717) is 28.2 Å². The van der Waals surface area contributed by atoms with Crippen LogP contribution in [-0.4, -0.2) is 16.0 Å². The molecule has 0 aliphatic carbocycles. The van der Waals surface area contributed by atoms with Crippen LogP contribution in [0.2, 0.25) is 10.0 Å². The molecule has 0 spiro atoms. The average Bonchev–Trinajstić information content (AvgIpc) is 3.09. The van der Waals surface area contributed by atoms with E-state index in [4.69, 9.17) is 27.7 Å². The first-order valence-corrected chi connectivity index (χ1v) is 8.91. The van der Waals surface area contributed by atoms with Gasteiger partial charge in [-0.05, 0) is 24.6 Å². The molecule has 0 fully saturated rings. The smallest absolute Gasteiger partial charge is 0.227 e. The molecule has 26 heavy (non-hydrogen) atoms. The van der Waals surface area contributed by atoms with Gasteiger partial charge in [-0.2, -0.15) is 4.98 Å². The summed E-state index contributed by atoms with van der Waals surface area (Å²) >= 11 is 12.1. The van der Waals surface area contributed by atoms with Crippen molar-refractivity contribution in [3.8, 4) is 11.4 Å². The Balaban J connectivity index is 1.55. The maximum absolute atomic E-state index is 12.2. The third-order valence-corrected chi connectivity index (χ3v) is 4.43. The van der Waals surface area contributed by atoms with Crippen molar-refractivity contribution in [3.05, 3.63) is 70.0 Å². The van der Waals surface area contributed by atoms with E-state index in [1.807, 2.05) is 37.3 Å². The van der Waals surface area contributed by atoms with Crippen molar-refractivity contribution in [2.45, 2.75) is 25.8 Å². The molecule has 5 nitrogen and oxygen atoms in total. The van der Waals surface area contributed by atoms with Gasteiger partial charge in [0.25, 0.3) is 0 Å². The number of hydrogen-bond acceptors (Lipinski definition) is 4. The largest absolute Gasteiger partial charge is 0.350 e. The number of carbonyl (C=O) groups excluding carboxylic acids is 1. The summed E-state index contributed by atoms with van der Waals surface area (Å²) in [6.07, 6.45) is 0.610. The molecule has 0 saturated heterocycles. The van der Waals surface area contributed by atoms with E-state index in [1.165, 1.54) is 0 Å². The quantitative estimate of drug-likeness (QED) is 0.653. The van der Waals surface area contributed by atoms with Crippen LogP contribution in [0.3, 0.4) is 0 Å². The molecule has 1 heterocycles. The molecular weight excluding hydrogens is 373 g/mol. The first-order chi connectivity index (χ1) is 12.5. The number of carbonyl (C=O) groups is 1. The summed E-state index contributed by atoms with van der Waals surface area (Å²) in [7, 11) is 0. The van der Waals surface area contributed by atoms with Gasteiger partial charge in [-0.3, -0.25) is 4.79 Å². The van der Waals surface area contributed by atoms with E-state index in [-0.39, 0.29) is 18.4 Å². The van der Waals surface area contributed by atoms with Gasteiger partial charge in [0.05, 0.1) is 6.04 Å². The number of rotatable bonds is 6. The van der Waals surface area contributed by atoms with Crippen molar-refractivity contribution in [1.29, 1.82) is 0 Å². The molecule has 7 heteroatoms. The summed E-state index contributed by atoms with van der Waals surface area (Å²) in [6.45, 7) is 1.87. The Morgan fingerprint density at radius 3 is 2.69 bits per heavy atom. The van der Waals surface area contributed by atoms with E-state index in [1.54, 1.807) is 18.2 Å². The highest BCUT2D eigenvalue weighted by Gasteiger charge is 2.15. The summed E-state index contributed by atoms with van der Waals surface area (Å²) in [6, 6.07) is 14.5. The molecule has 0 aliphatic heterocycles. The maximum atomic E-state index is 12.2. The van der Waals surface area contributed by atoms with Crippen LogP contribution in [0.5, 0.6) is 0 Å². The molecule has 3 rings (SSSR count). The number of halogens is 2. The van der Waals surface area contributed by atoms with Gasteiger partial charge in [0, 0.05) is 28.5 Å². The zero-order chi connectivity index (χ0) is 18.5. The Kier molecular flexibility index (Phi) is 5.91. The van der Waals surface area contributed by atoms with Crippen molar-refractivity contribution in [1.82, 2.24) is 15.5 Å². The van der Waals surface area contributed by atoms with E-state index in [2.05, 4.69) is 15.5 Å². The molecule has 1 atom stereocenters. The highest BCUT2D eigenvalue weighted by molar-refractivity contribution is 6.35. The lowest BCUT2D eigenvalue weighted by Gasteiger charge is -2.15. The number of nitrogens with zero attached hydrogens (tertiary/aromatic N) is 2. The molecule has 0 bridgehead atoms. The van der Waals surface area contributed by atoms with E-state index >= 15 is 0 Å². The number of aryl methyl sites for hydroxylation is 1. The second kappa shape index (κ2) is 8.34. The minimum atomic E-state index is -0.227. The fourth-order valence-electron chi connectivity index (χ4n) is 2.53. The fourth-order valence-corrected chi connectivity index (χ4v) is 3.10. The van der Waals surface area contributed by atoms with Crippen LogP contribution >= 0.6 is 23.2 Å². The van der Waals surface area contributed by atoms with Crippen molar-refractivity contribution < 1.29 is 9.32 Å². The van der Waals surface area contributed by atoms with Gasteiger partial charge in [0.1, 0.15) is 0 Å². The van der Waals surface area contributed by atoms with Gasteiger partial charge >= 0.3 is 0 Å². The SMILES string of the molecule is C[C@H](NC(=O)CCc1nc(-c2ccccc2)no1)c1ccc(Cl)cc1Cl. The van der Waals surface area contributed by atoms with Crippen LogP contribution in [0.15, 0.2) is 53.1 Å². The highest BCUT2D eigenvalue weighted by atomic mass is 35.5. The third-order valence-electron chi connectivity index (χ3n) is 3.87. The lowest BCUT2D eigenvalue weighted by molar-refractivity contribution is -0.121. The number of amides is 1. The van der Waals surface area contributed by atoms with Crippen LogP contribution < -0.4 is 5.32 Å². The first kappa shape index (κ1) is 18.4. The Hall–Kier alpha value is -2.37. The monoisotopic (exact) mass is 389 g/mol. The van der Waals surface area contributed by atoms with Crippen LogP contribution in [0.4, 0.5) is 0 Å². The van der Waals surface area contributed by atoms with E-state index in [0.717, 1.165) is 11.1 Å². The summed E-state index contributed by atoms with van der Waals surface area (Å²) in [4.78, 5) is 16.5. The molecule has 3 aromatic rings. The number of aromatic nitrogens is 2. The highest BCUT2D eigenvalue weighted by Crippen LogP contribution is 2.26. The van der Waals surface area contributed by atoms with E-state index < -0.39 is 0 Å². The number of hydrogen-bond donors (Lipinski definition) is 1. The molecule has 0 unspecified atom stereocenters. The van der Waals surface area contributed by atoms with Gasteiger partial charge in [-0.15, -0.1) is 0 Å². The average molecular weight is 390 g/mol. The van der Waals surface area contributed by atoms with Gasteiger partial charge in [0.2, 0.25) is 17.6 Å². The second-order valence-corrected chi connectivity index (χ2v) is 6.68. The second-order valence-electron chi connectivity index (χ2n) is 5.83. The topological polar surface area (TPSA) is 68.0 Å². The third kappa shape index (κ3) is 4.62. The molecule has 0 aliphatic rings. The lowest BCUT2D eigenvalue weighted by Crippen LogP contribution is -2.27. The van der Waals surface area contributed by atoms with Crippen molar-refractivity contribution in [2.75, 3.05) is 0 Å². The number of benzene rings is 2. The molecule has 0 saturated carbocycles. The van der Waals surface area contributed by atoms with Gasteiger partial charge in [-0.25, -0.2) is 0 Å². The van der Waals surface area contributed by atoms with Crippen LogP contribution in [0, 0.1) is 0 Å². The van der Waals surface area contributed by atoms with Crippen LogP contribution in [0.25, 0.3) is 11.4 Å². The molecule has 1 N–H and O–H groups in total. The molecule has 0 radical (unpaired) electrons. The first-order valence-electron chi connectivity index (χ1n) is 8.15. The molecule has 134 valence electrons. The molecule has 2 aromatic carbocycles. The van der Waals surface area contributed by atoms with Crippen molar-refractivity contribution >= 4 is 29.1 Å².